The Hall–Kier alpha value is -2.96. The van der Waals surface area contributed by atoms with E-state index < -0.39 is 62.3 Å². The topological polar surface area (TPSA) is 137 Å². The van der Waals surface area contributed by atoms with Crippen LogP contribution in [0, 0.1) is 23.5 Å². The monoisotopic (exact) mass is 592 g/mol. The molecular formula is C28H27ClF2N2O6S. The first kappa shape index (κ1) is 28.6. The third kappa shape index (κ3) is 5.01. The summed E-state index contributed by atoms with van der Waals surface area (Å²) in [5.74, 6) is -4.20. The summed E-state index contributed by atoms with van der Waals surface area (Å²) < 4.78 is 54.3. The Morgan fingerprint density at radius 1 is 1.02 bits per heavy atom. The fraction of sp³-hybridized carbons (Fsp3) is 0.357. The minimum absolute atomic E-state index is 0.0159. The van der Waals surface area contributed by atoms with Gasteiger partial charge in [0.15, 0.2) is 21.5 Å². The van der Waals surface area contributed by atoms with Gasteiger partial charge in [-0.3, -0.25) is 9.78 Å². The molecule has 4 N–H and O–H groups in total. The summed E-state index contributed by atoms with van der Waals surface area (Å²) >= 11 is 6.28. The van der Waals surface area contributed by atoms with E-state index in [0.717, 1.165) is 18.2 Å². The van der Waals surface area contributed by atoms with Gasteiger partial charge in [-0.15, -0.1) is 0 Å². The van der Waals surface area contributed by atoms with Gasteiger partial charge in [-0.05, 0) is 80.0 Å². The van der Waals surface area contributed by atoms with Crippen LogP contribution < -0.4 is 5.32 Å². The SMILES string of the molecule is O=C(Nc1ccc(F)c(F)c1)c1ccc(Cl)c(S(=O)(=O)[C@@H]2CC3CC[C@@H](C2)[C@@]3(O)C(O)C(O)c2ccccn2)c1. The first-order valence-corrected chi connectivity index (χ1v) is 14.6. The summed E-state index contributed by atoms with van der Waals surface area (Å²) in [6.45, 7) is 0. The molecule has 6 atom stereocenters. The summed E-state index contributed by atoms with van der Waals surface area (Å²) in [6.07, 6.45) is -0.611. The highest BCUT2D eigenvalue weighted by Crippen LogP contribution is 2.55. The molecule has 2 bridgehead atoms. The maximum atomic E-state index is 13.8. The van der Waals surface area contributed by atoms with Crippen LogP contribution in [0.2, 0.25) is 5.02 Å². The highest BCUT2D eigenvalue weighted by Gasteiger charge is 2.60. The second kappa shape index (κ2) is 10.8. The van der Waals surface area contributed by atoms with E-state index in [-0.39, 0.29) is 39.7 Å². The highest BCUT2D eigenvalue weighted by molar-refractivity contribution is 7.92. The number of aliphatic hydroxyl groups is 3. The zero-order valence-electron chi connectivity index (χ0n) is 21.0. The molecule has 2 saturated carbocycles. The van der Waals surface area contributed by atoms with Crippen molar-refractivity contribution >= 4 is 33.0 Å². The van der Waals surface area contributed by atoms with Crippen LogP contribution in [-0.4, -0.2) is 51.6 Å². The number of nitrogens with one attached hydrogen (secondary N) is 1. The van der Waals surface area contributed by atoms with Crippen molar-refractivity contribution in [1.29, 1.82) is 0 Å². The van der Waals surface area contributed by atoms with Gasteiger partial charge >= 0.3 is 0 Å². The van der Waals surface area contributed by atoms with E-state index in [1.54, 1.807) is 12.1 Å². The number of anilines is 1. The second-order valence-electron chi connectivity index (χ2n) is 10.4. The molecule has 2 aromatic carbocycles. The molecule has 3 unspecified atom stereocenters. The predicted octanol–water partition coefficient (Wildman–Crippen LogP) is 4.05. The normalized spacial score (nSPS) is 25.8. The number of nitrogens with zero attached hydrogens (tertiary/aromatic N) is 1. The van der Waals surface area contributed by atoms with Crippen molar-refractivity contribution in [2.24, 2.45) is 11.8 Å². The number of hydrogen-bond donors (Lipinski definition) is 4. The van der Waals surface area contributed by atoms with Crippen LogP contribution in [0.4, 0.5) is 14.5 Å². The minimum Gasteiger partial charge on any atom is -0.387 e. The molecule has 0 spiro atoms. The maximum absolute atomic E-state index is 13.8. The number of pyridine rings is 1. The van der Waals surface area contributed by atoms with Crippen molar-refractivity contribution in [3.05, 3.63) is 88.7 Å². The van der Waals surface area contributed by atoms with Crippen LogP contribution in [-0.2, 0) is 9.84 Å². The minimum atomic E-state index is -4.10. The molecule has 1 heterocycles. The van der Waals surface area contributed by atoms with Gasteiger partial charge in [-0.25, -0.2) is 17.2 Å². The standard InChI is InChI=1S/C28H27ClF2N2O6S/c29-20-8-4-15(27(36)33-18-7-9-21(30)22(31)14-18)11-24(20)40(38,39)19-12-16-5-6-17(13-19)28(16,37)26(35)25(34)23-3-1-2-10-32-23/h1-4,7-11,14,16-17,19,25-26,34-35,37H,5-6,12-13H2,(H,33,36)/t16-,17?,19-,25?,26?,28-/m0/s1. The Morgan fingerprint density at radius 2 is 1.73 bits per heavy atom. The predicted molar refractivity (Wildman–Crippen MR) is 142 cm³/mol. The molecule has 0 aliphatic heterocycles. The van der Waals surface area contributed by atoms with E-state index in [9.17, 15) is 37.3 Å². The lowest BCUT2D eigenvalue weighted by atomic mass is 9.69. The average Bonchev–Trinajstić information content (AvgIpc) is 3.10. The van der Waals surface area contributed by atoms with E-state index in [1.807, 2.05) is 0 Å². The van der Waals surface area contributed by atoms with E-state index in [4.69, 9.17) is 11.6 Å². The van der Waals surface area contributed by atoms with Crippen molar-refractivity contribution in [2.45, 2.75) is 53.6 Å². The molecule has 2 fully saturated rings. The number of carbonyl (C=O) groups excluding carboxylic acids is 1. The smallest absolute Gasteiger partial charge is 0.255 e. The summed E-state index contributed by atoms with van der Waals surface area (Å²) in [5, 5.41) is 34.7. The Kier molecular flexibility index (Phi) is 7.71. The van der Waals surface area contributed by atoms with Gasteiger partial charge in [0.2, 0.25) is 0 Å². The van der Waals surface area contributed by atoms with Crippen LogP contribution in [0.1, 0.15) is 47.8 Å². The molecule has 0 saturated heterocycles. The summed E-state index contributed by atoms with van der Waals surface area (Å²) in [5.41, 5.74) is -1.59. The molecule has 1 amide bonds. The van der Waals surface area contributed by atoms with Gasteiger partial charge in [-0.2, -0.15) is 0 Å². The van der Waals surface area contributed by atoms with Gasteiger partial charge < -0.3 is 20.6 Å². The molecule has 2 aliphatic carbocycles. The second-order valence-corrected chi connectivity index (χ2v) is 13.0. The lowest BCUT2D eigenvalue weighted by Crippen LogP contribution is -2.57. The number of aromatic nitrogens is 1. The largest absolute Gasteiger partial charge is 0.387 e. The van der Waals surface area contributed by atoms with E-state index in [0.29, 0.717) is 12.8 Å². The Balaban J connectivity index is 1.37. The fourth-order valence-electron chi connectivity index (χ4n) is 6.06. The molecule has 212 valence electrons. The van der Waals surface area contributed by atoms with Crippen molar-refractivity contribution < 1.29 is 37.3 Å². The van der Waals surface area contributed by atoms with Gasteiger partial charge in [0, 0.05) is 23.5 Å². The molecule has 3 aromatic rings. The third-order valence-electron chi connectivity index (χ3n) is 8.15. The Morgan fingerprint density at radius 3 is 2.35 bits per heavy atom. The van der Waals surface area contributed by atoms with Gasteiger partial charge in [0.25, 0.3) is 5.91 Å². The van der Waals surface area contributed by atoms with Crippen molar-refractivity contribution in [3.8, 4) is 0 Å². The number of fused-ring (bicyclic) bond motifs is 2. The van der Waals surface area contributed by atoms with E-state index in [2.05, 4.69) is 10.3 Å². The molecule has 5 rings (SSSR count). The van der Waals surface area contributed by atoms with Crippen LogP contribution in [0.5, 0.6) is 0 Å². The average molecular weight is 593 g/mol. The first-order valence-electron chi connectivity index (χ1n) is 12.7. The highest BCUT2D eigenvalue weighted by atomic mass is 35.5. The number of benzene rings is 2. The van der Waals surface area contributed by atoms with Crippen LogP contribution >= 0.6 is 11.6 Å². The number of aliphatic hydroxyl groups excluding tert-OH is 2. The van der Waals surface area contributed by atoms with E-state index >= 15 is 0 Å². The van der Waals surface area contributed by atoms with Crippen molar-refractivity contribution in [1.82, 2.24) is 4.98 Å². The molecular weight excluding hydrogens is 566 g/mol. The summed E-state index contributed by atoms with van der Waals surface area (Å²) in [6, 6.07) is 11.4. The lowest BCUT2D eigenvalue weighted by molar-refractivity contribution is -0.178. The summed E-state index contributed by atoms with van der Waals surface area (Å²) in [4.78, 5) is 16.6. The Labute approximate surface area is 234 Å². The molecule has 2 aliphatic rings. The quantitative estimate of drug-likeness (QED) is 0.325. The lowest BCUT2D eigenvalue weighted by Gasteiger charge is -2.46. The number of amides is 1. The zero-order valence-corrected chi connectivity index (χ0v) is 22.6. The molecule has 0 radical (unpaired) electrons. The molecule has 1 aromatic heterocycles. The number of sulfone groups is 1. The van der Waals surface area contributed by atoms with Crippen molar-refractivity contribution in [2.75, 3.05) is 5.32 Å². The third-order valence-corrected chi connectivity index (χ3v) is 10.8. The van der Waals surface area contributed by atoms with Gasteiger partial charge in [-0.1, -0.05) is 17.7 Å². The number of rotatable bonds is 7. The number of halogens is 3. The van der Waals surface area contributed by atoms with Crippen LogP contribution in [0.15, 0.2) is 65.7 Å². The van der Waals surface area contributed by atoms with Crippen molar-refractivity contribution in [3.63, 3.8) is 0 Å². The van der Waals surface area contributed by atoms with Crippen LogP contribution in [0.25, 0.3) is 0 Å². The molecule has 8 nitrogen and oxygen atoms in total. The summed E-state index contributed by atoms with van der Waals surface area (Å²) in [7, 11) is -4.10. The Bertz CT molecular complexity index is 1530. The molecule has 12 heteroatoms. The van der Waals surface area contributed by atoms with Gasteiger partial charge in [0.05, 0.1) is 26.5 Å². The molecule has 40 heavy (non-hydrogen) atoms. The van der Waals surface area contributed by atoms with E-state index in [1.165, 1.54) is 30.5 Å². The van der Waals surface area contributed by atoms with Crippen LogP contribution in [0.3, 0.4) is 0 Å². The number of hydrogen-bond acceptors (Lipinski definition) is 7. The fourth-order valence-corrected chi connectivity index (χ4v) is 8.47. The maximum Gasteiger partial charge on any atom is 0.255 e. The first-order chi connectivity index (χ1) is 18.9. The number of carbonyl (C=O) groups is 1. The zero-order chi connectivity index (χ0) is 28.8. The van der Waals surface area contributed by atoms with Gasteiger partial charge in [0.1, 0.15) is 12.2 Å².